The molecule has 1 aliphatic heterocycles. The summed E-state index contributed by atoms with van der Waals surface area (Å²) < 4.78 is 11.9. The molecular weight excluding hydrogens is 507 g/mol. The standard InChI is InChI=1S/C28H31Cl3O2S/c1-28(2,20-15-24(30)27(25(31)16-20)23-14-18(23)12-13-29)19-8-10-21(11-9-19)32-17-22-6-4-5-7-26(33-22)34-3/h6-11,15-16,18,23H,4-5,12-14,17H2,1-3H3. The van der Waals surface area contributed by atoms with Crippen LogP contribution in [0.4, 0.5) is 0 Å². The van der Waals surface area contributed by atoms with Crippen LogP contribution in [-0.4, -0.2) is 18.7 Å². The minimum absolute atomic E-state index is 0.256. The maximum Gasteiger partial charge on any atom is 0.156 e. The minimum Gasteiger partial charge on any atom is -0.486 e. The fourth-order valence-corrected chi connectivity index (χ4v) is 6.04. The highest BCUT2D eigenvalue weighted by molar-refractivity contribution is 8.02. The number of halogens is 3. The first-order chi connectivity index (χ1) is 16.3. The van der Waals surface area contributed by atoms with E-state index in [1.54, 1.807) is 11.8 Å². The van der Waals surface area contributed by atoms with Crippen molar-refractivity contribution in [3.8, 4) is 5.75 Å². The van der Waals surface area contributed by atoms with E-state index < -0.39 is 0 Å². The van der Waals surface area contributed by atoms with Gasteiger partial charge in [0.15, 0.2) is 5.09 Å². The summed E-state index contributed by atoms with van der Waals surface area (Å²) in [5.74, 6) is 3.38. The van der Waals surface area contributed by atoms with Gasteiger partial charge in [0.05, 0.1) is 0 Å². The maximum atomic E-state index is 6.74. The monoisotopic (exact) mass is 536 g/mol. The third-order valence-corrected chi connectivity index (χ3v) is 8.31. The van der Waals surface area contributed by atoms with Crippen molar-refractivity contribution >= 4 is 46.6 Å². The lowest BCUT2D eigenvalue weighted by atomic mass is 9.78. The van der Waals surface area contributed by atoms with Crippen LogP contribution in [0, 0.1) is 5.92 Å². The molecule has 1 aliphatic carbocycles. The molecule has 0 amide bonds. The summed E-state index contributed by atoms with van der Waals surface area (Å²) >= 11 is 21.0. The molecule has 182 valence electrons. The van der Waals surface area contributed by atoms with Crippen LogP contribution in [0.3, 0.4) is 0 Å². The molecule has 4 rings (SSSR count). The van der Waals surface area contributed by atoms with Crippen molar-refractivity contribution in [2.45, 2.75) is 50.9 Å². The van der Waals surface area contributed by atoms with Crippen molar-refractivity contribution in [2.75, 3.05) is 18.7 Å². The summed E-state index contributed by atoms with van der Waals surface area (Å²) in [4.78, 5) is 0. The molecule has 2 aromatic carbocycles. The van der Waals surface area contributed by atoms with Crippen molar-refractivity contribution in [2.24, 2.45) is 5.92 Å². The van der Waals surface area contributed by atoms with Gasteiger partial charge in [0.1, 0.15) is 18.1 Å². The first-order valence-electron chi connectivity index (χ1n) is 11.7. The fourth-order valence-electron chi connectivity index (χ4n) is 4.52. The molecule has 0 spiro atoms. The number of hydrogen-bond acceptors (Lipinski definition) is 3. The van der Waals surface area contributed by atoms with Gasteiger partial charge in [-0.3, -0.25) is 0 Å². The number of benzene rings is 2. The second-order valence-electron chi connectivity index (χ2n) is 9.45. The van der Waals surface area contributed by atoms with Crippen LogP contribution < -0.4 is 4.74 Å². The van der Waals surface area contributed by atoms with E-state index in [2.05, 4.69) is 50.3 Å². The molecule has 2 atom stereocenters. The predicted octanol–water partition coefficient (Wildman–Crippen LogP) is 9.33. The molecule has 2 aliphatic rings. The highest BCUT2D eigenvalue weighted by Gasteiger charge is 2.40. The number of thioether (sulfide) groups is 1. The van der Waals surface area contributed by atoms with E-state index in [4.69, 9.17) is 44.3 Å². The summed E-state index contributed by atoms with van der Waals surface area (Å²) in [6.45, 7) is 4.80. The van der Waals surface area contributed by atoms with Crippen molar-refractivity contribution in [3.05, 3.63) is 86.1 Å². The molecule has 0 radical (unpaired) electrons. The second-order valence-corrected chi connectivity index (χ2v) is 11.5. The Bertz CT molecular complexity index is 1050. The first-order valence-corrected chi connectivity index (χ1v) is 14.2. The van der Waals surface area contributed by atoms with Crippen LogP contribution in [0.15, 0.2) is 59.4 Å². The molecule has 1 fully saturated rings. The van der Waals surface area contributed by atoms with E-state index in [1.165, 1.54) is 5.56 Å². The molecule has 2 aromatic rings. The van der Waals surface area contributed by atoms with E-state index in [1.807, 2.05) is 18.4 Å². The van der Waals surface area contributed by atoms with Gasteiger partial charge in [-0.1, -0.05) is 60.9 Å². The number of hydrogen-bond donors (Lipinski definition) is 0. The van der Waals surface area contributed by atoms with Crippen LogP contribution in [-0.2, 0) is 10.2 Å². The molecule has 0 N–H and O–H groups in total. The average Bonchev–Trinajstić information content (AvgIpc) is 3.60. The lowest BCUT2D eigenvalue weighted by Gasteiger charge is -2.27. The number of rotatable bonds is 9. The Balaban J connectivity index is 1.45. The Morgan fingerprint density at radius 2 is 1.71 bits per heavy atom. The van der Waals surface area contributed by atoms with Crippen LogP contribution >= 0.6 is 46.6 Å². The second kappa shape index (κ2) is 11.2. The van der Waals surface area contributed by atoms with Crippen LogP contribution in [0.25, 0.3) is 0 Å². The Morgan fingerprint density at radius 3 is 2.35 bits per heavy atom. The molecular formula is C28H31Cl3O2S. The smallest absolute Gasteiger partial charge is 0.156 e. The van der Waals surface area contributed by atoms with Crippen molar-refractivity contribution in [1.82, 2.24) is 0 Å². The van der Waals surface area contributed by atoms with Gasteiger partial charge < -0.3 is 9.47 Å². The van der Waals surface area contributed by atoms with E-state index in [0.717, 1.165) is 63.5 Å². The summed E-state index contributed by atoms with van der Waals surface area (Å²) in [7, 11) is 0. The van der Waals surface area contributed by atoms with Gasteiger partial charge in [-0.2, -0.15) is 0 Å². The van der Waals surface area contributed by atoms with Gasteiger partial charge in [0, 0.05) is 21.3 Å². The van der Waals surface area contributed by atoms with E-state index in [0.29, 0.717) is 24.3 Å². The molecule has 1 heterocycles. The Hall–Kier alpha value is -1.26. The van der Waals surface area contributed by atoms with E-state index in [9.17, 15) is 0 Å². The van der Waals surface area contributed by atoms with E-state index >= 15 is 0 Å². The molecule has 0 aromatic heterocycles. The Kier molecular flexibility index (Phi) is 8.51. The van der Waals surface area contributed by atoms with Crippen molar-refractivity contribution < 1.29 is 9.47 Å². The lowest BCUT2D eigenvalue weighted by molar-refractivity contribution is 0.244. The van der Waals surface area contributed by atoms with Gasteiger partial charge in [-0.15, -0.1) is 11.6 Å². The molecule has 0 bridgehead atoms. The number of ether oxygens (including phenoxy) is 2. The van der Waals surface area contributed by atoms with Gasteiger partial charge in [0.25, 0.3) is 0 Å². The Morgan fingerprint density at radius 1 is 1.03 bits per heavy atom. The first kappa shape index (κ1) is 25.8. The van der Waals surface area contributed by atoms with Gasteiger partial charge in [0.2, 0.25) is 0 Å². The molecule has 6 heteroatoms. The topological polar surface area (TPSA) is 18.5 Å². The SMILES string of the molecule is CSC1=CCCC=C(COc2ccc(C(C)(C)c3cc(Cl)c(C4CC4CCCl)c(Cl)c3)cc2)O1. The van der Waals surface area contributed by atoms with E-state index in [-0.39, 0.29) is 5.41 Å². The van der Waals surface area contributed by atoms with Crippen LogP contribution in [0.5, 0.6) is 5.75 Å². The highest BCUT2D eigenvalue weighted by atomic mass is 35.5. The van der Waals surface area contributed by atoms with Crippen LogP contribution in [0.1, 0.15) is 62.1 Å². The summed E-state index contributed by atoms with van der Waals surface area (Å²) in [5.41, 5.74) is 3.09. The lowest BCUT2D eigenvalue weighted by Crippen LogP contribution is -2.19. The highest BCUT2D eigenvalue weighted by Crippen LogP contribution is 2.54. The fraction of sp³-hybridized carbons (Fsp3) is 0.429. The normalized spacial score (nSPS) is 20.2. The number of allylic oxidation sites excluding steroid dienone is 2. The zero-order chi connectivity index (χ0) is 24.3. The van der Waals surface area contributed by atoms with Gasteiger partial charge in [-0.05, 0) is 96.9 Å². The summed E-state index contributed by atoms with van der Waals surface area (Å²) in [6.07, 6.45) is 10.3. The molecule has 1 saturated carbocycles. The average molecular weight is 538 g/mol. The quantitative estimate of drug-likeness (QED) is 0.297. The predicted molar refractivity (Wildman–Crippen MR) is 147 cm³/mol. The third kappa shape index (κ3) is 5.93. The van der Waals surface area contributed by atoms with Crippen molar-refractivity contribution in [3.63, 3.8) is 0 Å². The van der Waals surface area contributed by atoms with Crippen molar-refractivity contribution in [1.29, 1.82) is 0 Å². The molecule has 34 heavy (non-hydrogen) atoms. The zero-order valence-corrected chi connectivity index (χ0v) is 23.0. The zero-order valence-electron chi connectivity index (χ0n) is 19.9. The minimum atomic E-state index is -0.256. The Labute approximate surface area is 222 Å². The van der Waals surface area contributed by atoms with Gasteiger partial charge >= 0.3 is 0 Å². The molecule has 2 unspecified atom stereocenters. The van der Waals surface area contributed by atoms with Crippen LogP contribution in [0.2, 0.25) is 10.0 Å². The summed E-state index contributed by atoms with van der Waals surface area (Å²) in [6, 6.07) is 12.4. The maximum absolute atomic E-state index is 6.74. The largest absolute Gasteiger partial charge is 0.486 e. The molecule has 2 nitrogen and oxygen atoms in total. The third-order valence-electron chi connectivity index (χ3n) is 6.81. The summed E-state index contributed by atoms with van der Waals surface area (Å²) in [5, 5.41) is 2.45. The number of alkyl halides is 1. The molecule has 0 saturated heterocycles. The van der Waals surface area contributed by atoms with Gasteiger partial charge in [-0.25, -0.2) is 0 Å².